The van der Waals surface area contributed by atoms with Gasteiger partial charge < -0.3 is 14.8 Å². The predicted molar refractivity (Wildman–Crippen MR) is 114 cm³/mol. The fourth-order valence-electron chi connectivity index (χ4n) is 3.08. The Morgan fingerprint density at radius 3 is 2.50 bits per heavy atom. The zero-order valence-corrected chi connectivity index (χ0v) is 18.8. The lowest BCUT2D eigenvalue weighted by Gasteiger charge is -2.26. The number of nitrogens with zero attached hydrogens (tertiary/aromatic N) is 1. The first kappa shape index (κ1) is 24.1. The van der Waals surface area contributed by atoms with Gasteiger partial charge in [0.15, 0.2) is 6.61 Å². The van der Waals surface area contributed by atoms with Crippen LogP contribution in [0.25, 0.3) is 0 Å². The van der Waals surface area contributed by atoms with Crippen molar-refractivity contribution in [1.29, 1.82) is 0 Å². The fourth-order valence-corrected chi connectivity index (χ4v) is 4.64. The number of amides is 1. The quantitative estimate of drug-likeness (QED) is 0.606. The van der Waals surface area contributed by atoms with E-state index in [1.807, 2.05) is 0 Å². The van der Waals surface area contributed by atoms with E-state index in [1.165, 1.54) is 4.31 Å². The monoisotopic (exact) mass is 484 g/mol. The van der Waals surface area contributed by atoms with Gasteiger partial charge in [-0.1, -0.05) is 23.7 Å². The van der Waals surface area contributed by atoms with Gasteiger partial charge in [0.05, 0.1) is 29.7 Å². The molecule has 1 heterocycles. The molecule has 0 saturated carbocycles. The molecule has 1 aliphatic rings. The largest absolute Gasteiger partial charge is 0.452 e. The molecule has 11 heteroatoms. The van der Waals surface area contributed by atoms with E-state index in [1.54, 1.807) is 31.2 Å². The van der Waals surface area contributed by atoms with Crippen LogP contribution < -0.4 is 5.32 Å². The molecule has 2 aromatic carbocycles. The summed E-state index contributed by atoms with van der Waals surface area (Å²) in [7, 11) is -3.93. The molecule has 0 aliphatic carbocycles. The van der Waals surface area contributed by atoms with Gasteiger partial charge in [-0.05, 0) is 42.8 Å². The number of hydrogen-bond acceptors (Lipinski definition) is 6. The summed E-state index contributed by atoms with van der Waals surface area (Å²) in [5.74, 6) is -2.69. The maximum Gasteiger partial charge on any atom is 0.341 e. The molecule has 0 radical (unpaired) electrons. The van der Waals surface area contributed by atoms with Crippen LogP contribution in [0.1, 0.15) is 28.9 Å². The Kier molecular flexibility index (Phi) is 7.83. The summed E-state index contributed by atoms with van der Waals surface area (Å²) in [5, 5.41) is 3.20. The van der Waals surface area contributed by atoms with Crippen molar-refractivity contribution in [2.24, 2.45) is 0 Å². The zero-order chi connectivity index (χ0) is 23.3. The van der Waals surface area contributed by atoms with E-state index < -0.39 is 39.9 Å². The Morgan fingerprint density at radius 1 is 1.19 bits per heavy atom. The number of carbonyl (C=O) groups is 2. The lowest BCUT2D eigenvalue weighted by Crippen LogP contribution is -2.40. The van der Waals surface area contributed by atoms with Crippen LogP contribution in [0.2, 0.25) is 5.02 Å². The number of hydrogen-bond donors (Lipinski definition) is 1. The molecule has 1 fully saturated rings. The zero-order valence-electron chi connectivity index (χ0n) is 17.2. The molecule has 1 unspecified atom stereocenters. The second kappa shape index (κ2) is 10.4. The second-order valence-corrected chi connectivity index (χ2v) is 9.45. The maximum atomic E-state index is 14.2. The summed E-state index contributed by atoms with van der Waals surface area (Å²) >= 11 is 5.84. The lowest BCUT2D eigenvalue weighted by atomic mass is 10.1. The van der Waals surface area contributed by atoms with Gasteiger partial charge in [0.25, 0.3) is 5.91 Å². The minimum Gasteiger partial charge on any atom is -0.452 e. The van der Waals surface area contributed by atoms with Crippen molar-refractivity contribution in [3.05, 3.63) is 64.4 Å². The van der Waals surface area contributed by atoms with E-state index in [4.69, 9.17) is 21.1 Å². The molecule has 172 valence electrons. The normalized spacial score (nSPS) is 15.7. The van der Waals surface area contributed by atoms with Gasteiger partial charge in [-0.25, -0.2) is 17.6 Å². The summed E-state index contributed by atoms with van der Waals surface area (Å²) in [4.78, 5) is 24.2. The minimum absolute atomic E-state index is 0.158. The number of rotatable bonds is 7. The molecule has 0 aromatic heterocycles. The number of morpholine rings is 1. The van der Waals surface area contributed by atoms with Gasteiger partial charge in [-0.2, -0.15) is 4.31 Å². The van der Waals surface area contributed by atoms with Crippen molar-refractivity contribution in [2.75, 3.05) is 32.9 Å². The van der Waals surface area contributed by atoms with Gasteiger partial charge >= 0.3 is 5.97 Å². The molecule has 1 N–H and O–H groups in total. The number of carbonyl (C=O) groups excluding carboxylic acids is 2. The standard InChI is InChI=1S/C21H22ClFN2O6S/c1-14(15-2-4-16(22)5-3-15)24-20(26)13-31-21(27)18-12-17(6-7-19(18)23)32(28,29)25-8-10-30-11-9-25/h2-7,12,14H,8-11,13H2,1H3,(H,24,26). The molecule has 1 saturated heterocycles. The third kappa shape index (κ3) is 5.83. The highest BCUT2D eigenvalue weighted by molar-refractivity contribution is 7.89. The second-order valence-electron chi connectivity index (χ2n) is 7.07. The van der Waals surface area contributed by atoms with E-state index in [2.05, 4.69) is 5.32 Å². The van der Waals surface area contributed by atoms with Crippen molar-refractivity contribution < 1.29 is 31.9 Å². The molecule has 3 rings (SSSR count). The topological polar surface area (TPSA) is 102 Å². The molecule has 2 aromatic rings. The van der Waals surface area contributed by atoms with Crippen LogP contribution in [0.5, 0.6) is 0 Å². The highest BCUT2D eigenvalue weighted by Crippen LogP contribution is 2.21. The predicted octanol–water partition coefficient (Wildman–Crippen LogP) is 2.53. The summed E-state index contributed by atoms with van der Waals surface area (Å²) in [6.45, 7) is 1.90. The van der Waals surface area contributed by atoms with E-state index >= 15 is 0 Å². The summed E-state index contributed by atoms with van der Waals surface area (Å²) in [5.41, 5.74) is 0.221. The number of ether oxygens (including phenoxy) is 2. The third-order valence-corrected chi connectivity index (χ3v) is 6.99. The number of esters is 1. The Balaban J connectivity index is 1.64. The number of benzene rings is 2. The molecule has 0 bridgehead atoms. The Bertz CT molecular complexity index is 1090. The van der Waals surface area contributed by atoms with E-state index in [0.717, 1.165) is 23.8 Å². The van der Waals surface area contributed by atoms with Crippen molar-refractivity contribution >= 4 is 33.5 Å². The van der Waals surface area contributed by atoms with E-state index in [0.29, 0.717) is 5.02 Å². The number of nitrogens with one attached hydrogen (secondary N) is 1. The van der Waals surface area contributed by atoms with Crippen molar-refractivity contribution in [2.45, 2.75) is 17.9 Å². The van der Waals surface area contributed by atoms with Gasteiger partial charge in [-0.3, -0.25) is 4.79 Å². The van der Waals surface area contributed by atoms with Gasteiger partial charge in [-0.15, -0.1) is 0 Å². The minimum atomic E-state index is -3.93. The molecule has 1 aliphatic heterocycles. The lowest BCUT2D eigenvalue weighted by molar-refractivity contribution is -0.124. The summed E-state index contributed by atoms with van der Waals surface area (Å²) in [6.07, 6.45) is 0. The first-order valence-electron chi connectivity index (χ1n) is 9.78. The van der Waals surface area contributed by atoms with Crippen LogP contribution in [-0.4, -0.2) is 57.5 Å². The molecule has 1 amide bonds. The van der Waals surface area contributed by atoms with Gasteiger partial charge in [0, 0.05) is 18.1 Å². The van der Waals surface area contributed by atoms with Crippen molar-refractivity contribution in [3.63, 3.8) is 0 Å². The summed E-state index contributed by atoms with van der Waals surface area (Å²) < 4.78 is 50.9. The Hall–Kier alpha value is -2.53. The van der Waals surface area contributed by atoms with Gasteiger partial charge in [0.2, 0.25) is 10.0 Å². The number of halogens is 2. The van der Waals surface area contributed by atoms with Crippen LogP contribution in [0.4, 0.5) is 4.39 Å². The van der Waals surface area contributed by atoms with Crippen LogP contribution in [0, 0.1) is 5.82 Å². The average Bonchev–Trinajstić information content (AvgIpc) is 2.78. The SMILES string of the molecule is CC(NC(=O)COC(=O)c1cc(S(=O)(=O)N2CCOCC2)ccc1F)c1ccc(Cl)cc1. The van der Waals surface area contributed by atoms with E-state index in [9.17, 15) is 22.4 Å². The van der Waals surface area contributed by atoms with Crippen molar-refractivity contribution in [3.8, 4) is 0 Å². The van der Waals surface area contributed by atoms with Crippen LogP contribution in [-0.2, 0) is 24.3 Å². The molecular weight excluding hydrogens is 463 g/mol. The first-order chi connectivity index (χ1) is 15.2. The molecule has 8 nitrogen and oxygen atoms in total. The average molecular weight is 485 g/mol. The molecule has 0 spiro atoms. The van der Waals surface area contributed by atoms with E-state index in [-0.39, 0.29) is 37.2 Å². The fraction of sp³-hybridized carbons (Fsp3) is 0.333. The third-order valence-electron chi connectivity index (χ3n) is 4.85. The highest BCUT2D eigenvalue weighted by atomic mass is 35.5. The van der Waals surface area contributed by atoms with Gasteiger partial charge in [0.1, 0.15) is 5.82 Å². The van der Waals surface area contributed by atoms with Crippen LogP contribution in [0.3, 0.4) is 0 Å². The smallest absolute Gasteiger partial charge is 0.341 e. The summed E-state index contributed by atoms with van der Waals surface area (Å²) in [6, 6.07) is 9.35. The Labute approximate surface area is 190 Å². The van der Waals surface area contributed by atoms with Crippen LogP contribution >= 0.6 is 11.6 Å². The first-order valence-corrected chi connectivity index (χ1v) is 11.6. The molecule has 1 atom stereocenters. The van der Waals surface area contributed by atoms with Crippen molar-refractivity contribution in [1.82, 2.24) is 9.62 Å². The van der Waals surface area contributed by atoms with Crippen LogP contribution in [0.15, 0.2) is 47.4 Å². The highest BCUT2D eigenvalue weighted by Gasteiger charge is 2.28. The molecule has 32 heavy (non-hydrogen) atoms. The maximum absolute atomic E-state index is 14.2. The molecular formula is C21H22ClFN2O6S. The number of sulfonamides is 1. The Morgan fingerprint density at radius 2 is 1.84 bits per heavy atom.